The zero-order valence-electron chi connectivity index (χ0n) is 23.9. The number of rotatable bonds is 11. The quantitative estimate of drug-likeness (QED) is 0.345. The smallest absolute Gasteiger partial charge is 0.346 e. The first-order valence-electron chi connectivity index (χ1n) is 12.8. The number of carboxylic acids is 1. The highest BCUT2D eigenvalue weighted by Gasteiger charge is 2.36. The number of aromatic nitrogens is 2. The van der Waals surface area contributed by atoms with Crippen molar-refractivity contribution in [3.05, 3.63) is 60.9 Å². The van der Waals surface area contributed by atoms with Gasteiger partial charge in [-0.2, -0.15) is 5.26 Å². The van der Waals surface area contributed by atoms with Gasteiger partial charge in [-0.25, -0.2) is 18.5 Å². The Hall–Kier alpha value is -4.02. The van der Waals surface area contributed by atoms with Crippen LogP contribution in [0.1, 0.15) is 61.5 Å². The fourth-order valence-corrected chi connectivity index (χ4v) is 5.55. The molecule has 2 aromatic heterocycles. The lowest BCUT2D eigenvalue weighted by Crippen LogP contribution is -2.56. The molecule has 2 atom stereocenters. The minimum Gasteiger partial charge on any atom is -0.496 e. The molecule has 2 heterocycles. The summed E-state index contributed by atoms with van der Waals surface area (Å²) in [6, 6.07) is 5.54. The fourth-order valence-electron chi connectivity index (χ4n) is 4.41. The number of nitrogens with one attached hydrogen (secondary N) is 1. The molecule has 0 spiro atoms. The van der Waals surface area contributed by atoms with Crippen LogP contribution in [-0.4, -0.2) is 45.9 Å². The molecule has 0 radical (unpaired) electrons. The second kappa shape index (κ2) is 12.2. The number of carbonyl (C=O) groups excluding carboxylic acids is 1. The highest BCUT2D eigenvalue weighted by atomic mass is 32.1. The van der Waals surface area contributed by atoms with Crippen molar-refractivity contribution in [2.45, 2.75) is 65.8 Å². The van der Waals surface area contributed by atoms with Crippen molar-refractivity contribution in [2.24, 2.45) is 5.92 Å². The van der Waals surface area contributed by atoms with Crippen LogP contribution in [0.3, 0.4) is 0 Å². The summed E-state index contributed by atoms with van der Waals surface area (Å²) in [5.41, 5.74) is -3.00. The number of nitrogens with zero attached hydrogens (tertiary/aromatic N) is 3. The maximum absolute atomic E-state index is 14.4. The lowest BCUT2D eigenvalue weighted by atomic mass is 10.0. The molecular weight excluding hydrogens is 555 g/mol. The molecule has 0 saturated carbocycles. The molecular formula is C28H33FN4O7S. The van der Waals surface area contributed by atoms with Crippen molar-refractivity contribution in [1.29, 1.82) is 5.26 Å². The van der Waals surface area contributed by atoms with Crippen molar-refractivity contribution in [3.63, 3.8) is 0 Å². The molecule has 0 saturated heterocycles. The van der Waals surface area contributed by atoms with Gasteiger partial charge in [0.25, 0.3) is 5.56 Å². The first-order valence-corrected chi connectivity index (χ1v) is 13.7. The van der Waals surface area contributed by atoms with Crippen LogP contribution in [0.5, 0.6) is 5.75 Å². The highest BCUT2D eigenvalue weighted by Crippen LogP contribution is 2.33. The normalized spacial score (nSPS) is 13.2. The third-order valence-electron chi connectivity index (χ3n) is 6.60. The van der Waals surface area contributed by atoms with Crippen LogP contribution >= 0.6 is 11.3 Å². The molecule has 1 amide bonds. The lowest BCUT2D eigenvalue weighted by Gasteiger charge is -2.28. The monoisotopic (exact) mass is 588 g/mol. The molecule has 0 aliphatic carbocycles. The number of aromatic carboxylic acids is 1. The number of aryl methyl sites for hydroxylation is 1. The first kappa shape index (κ1) is 31.5. The SMILES string of the molecule is COc1ccc(F)cc1C(Cn1c(=O)n(C(C)(C)C(=O)NC(C)C)c(=O)c2c(C)c(C(=O)O)sc21)OC[C@@H](C)C#N. The van der Waals surface area contributed by atoms with Gasteiger partial charge in [0.2, 0.25) is 5.91 Å². The molecule has 0 aliphatic rings. The molecule has 1 aromatic carbocycles. The Bertz CT molecular complexity index is 1650. The van der Waals surface area contributed by atoms with E-state index < -0.39 is 46.5 Å². The Morgan fingerprint density at radius 2 is 1.90 bits per heavy atom. The van der Waals surface area contributed by atoms with E-state index in [1.54, 1.807) is 20.8 Å². The minimum atomic E-state index is -1.67. The molecule has 2 N–H and O–H groups in total. The van der Waals surface area contributed by atoms with Gasteiger partial charge in [-0.1, -0.05) is 0 Å². The van der Waals surface area contributed by atoms with Gasteiger partial charge in [0, 0.05) is 11.6 Å². The molecule has 0 bridgehead atoms. The standard InChI is InChI=1S/C28H33FN4O7S/c1-14(2)31-26(37)28(5,6)33-23(34)21-16(4)22(25(35)36)41-24(21)32(27(33)38)12-20(40-13-15(3)11-30)18-10-17(29)8-9-19(18)39-7/h8-10,14-15,20H,12-13H2,1-7H3,(H,31,37)(H,35,36)/t15-,20?/m0/s1. The van der Waals surface area contributed by atoms with E-state index in [4.69, 9.17) is 9.47 Å². The zero-order chi connectivity index (χ0) is 30.8. The number of hydrogen-bond acceptors (Lipinski definition) is 8. The van der Waals surface area contributed by atoms with Crippen molar-refractivity contribution in [2.75, 3.05) is 13.7 Å². The van der Waals surface area contributed by atoms with E-state index in [-0.39, 0.29) is 51.2 Å². The van der Waals surface area contributed by atoms with E-state index in [0.717, 1.165) is 20.5 Å². The first-order chi connectivity index (χ1) is 19.1. The van der Waals surface area contributed by atoms with Gasteiger partial charge in [0.1, 0.15) is 32.9 Å². The molecule has 220 valence electrons. The van der Waals surface area contributed by atoms with E-state index in [0.29, 0.717) is 0 Å². The summed E-state index contributed by atoms with van der Waals surface area (Å²) in [6.45, 7) is 9.00. The number of thiophene rings is 1. The van der Waals surface area contributed by atoms with Gasteiger partial charge in [-0.05, 0) is 65.3 Å². The van der Waals surface area contributed by atoms with E-state index >= 15 is 0 Å². The number of hydrogen-bond donors (Lipinski definition) is 2. The van der Waals surface area contributed by atoms with Gasteiger partial charge in [0.05, 0.1) is 37.6 Å². The molecule has 0 fully saturated rings. The largest absolute Gasteiger partial charge is 0.496 e. The second-order valence-corrected chi connectivity index (χ2v) is 11.5. The van der Waals surface area contributed by atoms with Gasteiger partial charge in [0.15, 0.2) is 0 Å². The summed E-state index contributed by atoms with van der Waals surface area (Å²) in [4.78, 5) is 53.0. The van der Waals surface area contributed by atoms with Crippen LogP contribution in [-0.2, 0) is 21.6 Å². The summed E-state index contributed by atoms with van der Waals surface area (Å²) < 4.78 is 27.8. The average Bonchev–Trinajstić information content (AvgIpc) is 3.25. The van der Waals surface area contributed by atoms with Crippen LogP contribution in [0.4, 0.5) is 4.39 Å². The van der Waals surface area contributed by atoms with Crippen molar-refractivity contribution < 1.29 is 28.6 Å². The third kappa shape index (κ3) is 6.18. The molecule has 3 aromatic rings. The molecule has 13 heteroatoms. The van der Waals surface area contributed by atoms with E-state index in [1.807, 2.05) is 0 Å². The van der Waals surface area contributed by atoms with Gasteiger partial charge < -0.3 is 19.9 Å². The number of carboxylic acid groups (broad SMARTS) is 1. The molecule has 11 nitrogen and oxygen atoms in total. The number of methoxy groups -OCH3 is 1. The van der Waals surface area contributed by atoms with E-state index in [9.17, 15) is 33.9 Å². The van der Waals surface area contributed by atoms with Crippen LogP contribution < -0.4 is 21.3 Å². The average molecular weight is 589 g/mol. The second-order valence-electron chi connectivity index (χ2n) is 10.5. The van der Waals surface area contributed by atoms with Gasteiger partial charge in [-0.3, -0.25) is 14.2 Å². The number of fused-ring (bicyclic) bond motifs is 1. The topological polar surface area (TPSA) is 153 Å². The van der Waals surface area contributed by atoms with E-state index in [1.165, 1.54) is 46.1 Å². The van der Waals surface area contributed by atoms with Crippen LogP contribution in [0.2, 0.25) is 0 Å². The molecule has 1 unspecified atom stereocenters. The Kier molecular flexibility index (Phi) is 9.40. The van der Waals surface area contributed by atoms with Crippen LogP contribution in [0.15, 0.2) is 27.8 Å². The maximum atomic E-state index is 14.4. The predicted octanol–water partition coefficient (Wildman–Crippen LogP) is 3.56. The minimum absolute atomic E-state index is 0.0345. The fraction of sp³-hybridized carbons (Fsp3) is 0.464. The lowest BCUT2D eigenvalue weighted by molar-refractivity contribution is -0.129. The number of benzene rings is 1. The Labute approximate surface area is 239 Å². The van der Waals surface area contributed by atoms with Crippen LogP contribution in [0.25, 0.3) is 10.2 Å². The number of ether oxygens (including phenoxy) is 2. The Morgan fingerprint density at radius 1 is 1.24 bits per heavy atom. The van der Waals surface area contributed by atoms with Crippen molar-refractivity contribution in [3.8, 4) is 11.8 Å². The maximum Gasteiger partial charge on any atom is 0.346 e. The number of carbonyl (C=O) groups is 2. The molecule has 41 heavy (non-hydrogen) atoms. The number of amides is 1. The molecule has 0 aliphatic heterocycles. The molecule has 3 rings (SSSR count). The summed E-state index contributed by atoms with van der Waals surface area (Å²) >= 11 is 0.741. The Balaban J connectivity index is 2.39. The number of halogens is 1. The van der Waals surface area contributed by atoms with Gasteiger partial charge >= 0.3 is 11.7 Å². The van der Waals surface area contributed by atoms with E-state index in [2.05, 4.69) is 11.4 Å². The van der Waals surface area contributed by atoms with Crippen molar-refractivity contribution >= 4 is 33.4 Å². The Morgan fingerprint density at radius 3 is 2.46 bits per heavy atom. The highest BCUT2D eigenvalue weighted by molar-refractivity contribution is 7.20. The third-order valence-corrected chi connectivity index (χ3v) is 7.90. The summed E-state index contributed by atoms with van der Waals surface area (Å²) in [5.74, 6) is -2.77. The van der Waals surface area contributed by atoms with Crippen molar-refractivity contribution in [1.82, 2.24) is 14.5 Å². The number of nitriles is 1. The predicted molar refractivity (Wildman–Crippen MR) is 151 cm³/mol. The van der Waals surface area contributed by atoms with Crippen LogP contribution in [0, 0.1) is 30.0 Å². The summed E-state index contributed by atoms with van der Waals surface area (Å²) in [7, 11) is 1.38. The summed E-state index contributed by atoms with van der Waals surface area (Å²) in [6.07, 6.45) is -1.06. The zero-order valence-corrected chi connectivity index (χ0v) is 24.7. The van der Waals surface area contributed by atoms with Gasteiger partial charge in [-0.15, -0.1) is 11.3 Å². The summed E-state index contributed by atoms with van der Waals surface area (Å²) in [5, 5.41) is 21.8.